The molecule has 3 heterocycles. The van der Waals surface area contributed by atoms with E-state index in [4.69, 9.17) is 5.73 Å². The molecule has 8 nitrogen and oxygen atoms in total. The summed E-state index contributed by atoms with van der Waals surface area (Å²) in [7, 11) is 0. The van der Waals surface area contributed by atoms with E-state index >= 15 is 0 Å². The predicted molar refractivity (Wildman–Crippen MR) is 107 cm³/mol. The highest BCUT2D eigenvalue weighted by Crippen LogP contribution is 2.21. The zero-order valence-corrected chi connectivity index (χ0v) is 15.7. The van der Waals surface area contributed by atoms with Gasteiger partial charge in [0.2, 0.25) is 11.9 Å². The van der Waals surface area contributed by atoms with Crippen molar-refractivity contribution in [3.8, 4) is 0 Å². The number of carbonyl (C=O) groups is 2. The molecule has 28 heavy (non-hydrogen) atoms. The number of pyridine rings is 1. The number of nitrogens with zero attached hydrogens (tertiary/aromatic N) is 4. The summed E-state index contributed by atoms with van der Waals surface area (Å²) in [4.78, 5) is 34.7. The largest absolute Gasteiger partial charge is 0.369 e. The Morgan fingerprint density at radius 2 is 2.07 bits per heavy atom. The number of benzene rings is 1. The standard InChI is InChI=1S/C20H22N6O2/c1-2-25-18-16(24-20(25)21)10-14(12-22-18)19(28)23-11-13-5-7-15(8-6-13)26-9-3-4-17(26)27/h5-8,10,12H,2-4,9,11H2,1H3,(H2,21,24)(H,23,28). The van der Waals surface area contributed by atoms with E-state index in [1.807, 2.05) is 31.2 Å². The van der Waals surface area contributed by atoms with E-state index in [1.54, 1.807) is 15.5 Å². The van der Waals surface area contributed by atoms with Crippen LogP contribution in [-0.4, -0.2) is 32.9 Å². The van der Waals surface area contributed by atoms with E-state index in [-0.39, 0.29) is 11.8 Å². The van der Waals surface area contributed by atoms with Crippen LogP contribution in [0.5, 0.6) is 0 Å². The van der Waals surface area contributed by atoms with Crippen molar-refractivity contribution in [2.24, 2.45) is 0 Å². The lowest BCUT2D eigenvalue weighted by Gasteiger charge is -2.16. The van der Waals surface area contributed by atoms with E-state index in [9.17, 15) is 9.59 Å². The minimum absolute atomic E-state index is 0.162. The first-order chi connectivity index (χ1) is 13.6. The van der Waals surface area contributed by atoms with E-state index in [2.05, 4.69) is 15.3 Å². The van der Waals surface area contributed by atoms with Crippen LogP contribution in [0.4, 0.5) is 11.6 Å². The molecule has 1 saturated heterocycles. The van der Waals surface area contributed by atoms with Crippen LogP contribution in [0, 0.1) is 0 Å². The Labute approximate surface area is 162 Å². The van der Waals surface area contributed by atoms with Crippen molar-refractivity contribution in [1.82, 2.24) is 19.9 Å². The fourth-order valence-corrected chi connectivity index (χ4v) is 3.46. The number of nitrogens with one attached hydrogen (secondary N) is 1. The lowest BCUT2D eigenvalue weighted by molar-refractivity contribution is -0.117. The van der Waals surface area contributed by atoms with Crippen LogP contribution >= 0.6 is 0 Å². The van der Waals surface area contributed by atoms with Crippen LogP contribution in [0.1, 0.15) is 35.7 Å². The van der Waals surface area contributed by atoms with Gasteiger partial charge in [-0.15, -0.1) is 0 Å². The number of aromatic nitrogens is 3. The number of hydrogen-bond acceptors (Lipinski definition) is 5. The molecule has 144 valence electrons. The maximum absolute atomic E-state index is 12.5. The van der Waals surface area contributed by atoms with E-state index < -0.39 is 0 Å². The predicted octanol–water partition coefficient (Wildman–Crippen LogP) is 2.09. The van der Waals surface area contributed by atoms with Gasteiger partial charge in [0.05, 0.1) is 5.56 Å². The number of nitrogens with two attached hydrogens (primary N) is 1. The Morgan fingerprint density at radius 1 is 1.29 bits per heavy atom. The number of nitrogen functional groups attached to an aromatic ring is 1. The summed E-state index contributed by atoms with van der Waals surface area (Å²) in [5.74, 6) is 0.326. The molecule has 8 heteroatoms. The number of carbonyl (C=O) groups excluding carboxylic acids is 2. The van der Waals surface area contributed by atoms with Gasteiger partial charge < -0.3 is 16.0 Å². The van der Waals surface area contributed by atoms with Gasteiger partial charge >= 0.3 is 0 Å². The lowest BCUT2D eigenvalue weighted by atomic mass is 10.2. The summed E-state index contributed by atoms with van der Waals surface area (Å²) in [6.07, 6.45) is 3.04. The van der Waals surface area contributed by atoms with Crippen molar-refractivity contribution in [1.29, 1.82) is 0 Å². The van der Waals surface area contributed by atoms with Crippen LogP contribution < -0.4 is 16.0 Å². The number of hydrogen-bond donors (Lipinski definition) is 2. The van der Waals surface area contributed by atoms with Crippen LogP contribution in [0.2, 0.25) is 0 Å². The normalized spacial score (nSPS) is 14.0. The highest BCUT2D eigenvalue weighted by atomic mass is 16.2. The molecule has 0 radical (unpaired) electrons. The van der Waals surface area contributed by atoms with Crippen LogP contribution in [0.25, 0.3) is 11.2 Å². The highest BCUT2D eigenvalue weighted by Gasteiger charge is 2.21. The molecule has 2 amide bonds. The molecular weight excluding hydrogens is 356 g/mol. The fourth-order valence-electron chi connectivity index (χ4n) is 3.46. The van der Waals surface area contributed by atoms with Gasteiger partial charge in [-0.25, -0.2) is 9.97 Å². The van der Waals surface area contributed by atoms with E-state index in [0.29, 0.717) is 42.2 Å². The number of amides is 2. The molecule has 0 spiro atoms. The molecule has 0 saturated carbocycles. The third-order valence-electron chi connectivity index (χ3n) is 4.97. The lowest BCUT2D eigenvalue weighted by Crippen LogP contribution is -2.24. The van der Waals surface area contributed by atoms with Gasteiger partial charge in [0.25, 0.3) is 5.91 Å². The highest BCUT2D eigenvalue weighted by molar-refractivity contribution is 5.97. The summed E-state index contributed by atoms with van der Waals surface area (Å²) >= 11 is 0. The Morgan fingerprint density at radius 3 is 2.75 bits per heavy atom. The smallest absolute Gasteiger partial charge is 0.253 e. The molecule has 0 bridgehead atoms. The maximum atomic E-state index is 12.5. The third-order valence-corrected chi connectivity index (χ3v) is 4.97. The molecule has 1 fully saturated rings. The average Bonchev–Trinajstić information content (AvgIpc) is 3.27. The second-order valence-corrected chi connectivity index (χ2v) is 6.78. The number of rotatable bonds is 5. The Bertz CT molecular complexity index is 1040. The van der Waals surface area contributed by atoms with E-state index in [1.165, 1.54) is 6.20 Å². The number of anilines is 2. The molecule has 2 aromatic heterocycles. The molecular formula is C20H22N6O2. The molecule has 4 rings (SSSR count). The topological polar surface area (TPSA) is 106 Å². The van der Waals surface area contributed by atoms with Gasteiger partial charge in [-0.1, -0.05) is 12.1 Å². The van der Waals surface area contributed by atoms with Gasteiger partial charge in [-0.05, 0) is 37.1 Å². The van der Waals surface area contributed by atoms with Crippen molar-refractivity contribution in [2.45, 2.75) is 32.9 Å². The zero-order chi connectivity index (χ0) is 19.7. The molecule has 3 aromatic rings. The first-order valence-electron chi connectivity index (χ1n) is 9.36. The van der Waals surface area contributed by atoms with Crippen LogP contribution in [-0.2, 0) is 17.9 Å². The van der Waals surface area contributed by atoms with Crippen molar-refractivity contribution in [3.05, 3.63) is 47.7 Å². The van der Waals surface area contributed by atoms with Crippen molar-refractivity contribution < 1.29 is 9.59 Å². The van der Waals surface area contributed by atoms with Gasteiger partial charge in [-0.2, -0.15) is 0 Å². The van der Waals surface area contributed by atoms with Crippen LogP contribution in [0.15, 0.2) is 36.5 Å². The number of imidazole rings is 1. The van der Waals surface area contributed by atoms with Gasteiger partial charge in [0.15, 0.2) is 5.65 Å². The van der Waals surface area contributed by atoms with Crippen molar-refractivity contribution >= 4 is 34.6 Å². The minimum Gasteiger partial charge on any atom is -0.369 e. The van der Waals surface area contributed by atoms with Crippen molar-refractivity contribution in [3.63, 3.8) is 0 Å². The summed E-state index contributed by atoms with van der Waals surface area (Å²) in [6.45, 7) is 3.78. The third kappa shape index (κ3) is 3.28. The number of fused-ring (bicyclic) bond motifs is 1. The van der Waals surface area contributed by atoms with Crippen molar-refractivity contribution in [2.75, 3.05) is 17.2 Å². The minimum atomic E-state index is -0.224. The Balaban J connectivity index is 1.42. The molecule has 0 unspecified atom stereocenters. The zero-order valence-electron chi connectivity index (χ0n) is 15.7. The molecule has 1 aliphatic heterocycles. The van der Waals surface area contributed by atoms with Gasteiger partial charge in [0.1, 0.15) is 5.52 Å². The monoisotopic (exact) mass is 378 g/mol. The number of aryl methyl sites for hydroxylation is 1. The van der Waals surface area contributed by atoms with Gasteiger partial charge in [-0.3, -0.25) is 14.2 Å². The Hall–Kier alpha value is -3.42. The summed E-state index contributed by atoms with van der Waals surface area (Å²) in [5, 5.41) is 2.89. The Kier molecular flexibility index (Phi) is 4.68. The molecule has 3 N–H and O–H groups in total. The average molecular weight is 378 g/mol. The first kappa shape index (κ1) is 18.0. The molecule has 1 aromatic carbocycles. The first-order valence-corrected chi connectivity index (χ1v) is 9.36. The quantitative estimate of drug-likeness (QED) is 0.707. The molecule has 0 aliphatic carbocycles. The summed E-state index contributed by atoms with van der Waals surface area (Å²) in [5.41, 5.74) is 9.44. The van der Waals surface area contributed by atoms with Crippen LogP contribution in [0.3, 0.4) is 0 Å². The molecule has 0 atom stereocenters. The van der Waals surface area contributed by atoms with Gasteiger partial charge in [0, 0.05) is 37.9 Å². The molecule has 1 aliphatic rings. The summed E-state index contributed by atoms with van der Waals surface area (Å²) < 4.78 is 1.80. The maximum Gasteiger partial charge on any atom is 0.253 e. The second kappa shape index (κ2) is 7.30. The second-order valence-electron chi connectivity index (χ2n) is 6.78. The SMILES string of the molecule is CCn1c(N)nc2cc(C(=O)NCc3ccc(N4CCCC4=O)cc3)cnc21. The van der Waals surface area contributed by atoms with E-state index in [0.717, 1.165) is 24.2 Å². The fraction of sp³-hybridized carbons (Fsp3) is 0.300. The summed E-state index contributed by atoms with van der Waals surface area (Å²) in [6, 6.07) is 9.37.